The second-order valence-corrected chi connectivity index (χ2v) is 6.26. The van der Waals surface area contributed by atoms with Crippen molar-refractivity contribution >= 4 is 22.4 Å². The summed E-state index contributed by atoms with van der Waals surface area (Å²) in [5.41, 5.74) is 0.616. The molecule has 1 atom stereocenters. The van der Waals surface area contributed by atoms with Gasteiger partial charge in [0.05, 0.1) is 5.69 Å². The fourth-order valence-electron chi connectivity index (χ4n) is 2.33. The largest absolute Gasteiger partial charge is 0.302 e. The molecule has 0 fully saturated rings. The van der Waals surface area contributed by atoms with E-state index >= 15 is 0 Å². The van der Waals surface area contributed by atoms with Crippen molar-refractivity contribution in [3.8, 4) is 11.3 Å². The molecule has 1 unspecified atom stereocenters. The molecule has 23 heavy (non-hydrogen) atoms. The van der Waals surface area contributed by atoms with Crippen LogP contribution in [-0.2, 0) is 4.79 Å². The molecule has 0 radical (unpaired) electrons. The zero-order valence-electron chi connectivity index (χ0n) is 13.2. The predicted octanol–water partition coefficient (Wildman–Crippen LogP) is 5.24. The van der Waals surface area contributed by atoms with E-state index in [1.54, 1.807) is 5.38 Å². The van der Waals surface area contributed by atoms with Crippen LogP contribution < -0.4 is 5.32 Å². The monoisotopic (exact) mass is 338 g/mol. The topological polar surface area (TPSA) is 42.0 Å². The Balaban J connectivity index is 2.08. The van der Waals surface area contributed by atoms with Gasteiger partial charge in [0.25, 0.3) is 0 Å². The smallest absolute Gasteiger partial charge is 0.229 e. The molecule has 6 heteroatoms. The molecule has 2 aromatic rings. The van der Waals surface area contributed by atoms with Crippen molar-refractivity contribution in [3.63, 3.8) is 0 Å². The summed E-state index contributed by atoms with van der Waals surface area (Å²) in [5.74, 6) is -1.38. The van der Waals surface area contributed by atoms with Crippen LogP contribution in [0.5, 0.6) is 0 Å². The van der Waals surface area contributed by atoms with Gasteiger partial charge in [0.15, 0.2) is 5.13 Å². The minimum Gasteiger partial charge on any atom is -0.302 e. The first-order valence-electron chi connectivity index (χ1n) is 7.77. The number of unbranched alkanes of at least 4 members (excludes halogenated alkanes) is 1. The van der Waals surface area contributed by atoms with Crippen LogP contribution in [0.15, 0.2) is 23.6 Å². The van der Waals surface area contributed by atoms with Gasteiger partial charge in [-0.1, -0.05) is 26.7 Å². The SMILES string of the molecule is CCCCC(CC)C(=O)Nc1nc(-c2ccc(F)cc2F)cs1. The summed E-state index contributed by atoms with van der Waals surface area (Å²) in [6.45, 7) is 4.08. The van der Waals surface area contributed by atoms with Crippen molar-refractivity contribution in [1.29, 1.82) is 0 Å². The first-order valence-corrected chi connectivity index (χ1v) is 8.64. The summed E-state index contributed by atoms with van der Waals surface area (Å²) in [4.78, 5) is 16.5. The highest BCUT2D eigenvalue weighted by Crippen LogP contribution is 2.28. The van der Waals surface area contributed by atoms with Crippen LogP contribution in [0, 0.1) is 17.6 Å². The van der Waals surface area contributed by atoms with Crippen LogP contribution in [0.4, 0.5) is 13.9 Å². The lowest BCUT2D eigenvalue weighted by Gasteiger charge is -2.12. The molecule has 0 spiro atoms. The molecule has 3 nitrogen and oxygen atoms in total. The average Bonchev–Trinajstić information content (AvgIpc) is 2.96. The third-order valence-corrected chi connectivity index (χ3v) is 4.47. The number of thiazole rings is 1. The summed E-state index contributed by atoms with van der Waals surface area (Å²) in [5, 5.41) is 4.88. The molecule has 124 valence electrons. The number of halogens is 2. The maximum atomic E-state index is 13.8. The lowest BCUT2D eigenvalue weighted by Crippen LogP contribution is -2.22. The molecule has 1 amide bonds. The molecule has 0 aliphatic heterocycles. The van der Waals surface area contributed by atoms with E-state index in [0.29, 0.717) is 10.8 Å². The molecule has 2 rings (SSSR count). The molecule has 1 heterocycles. The van der Waals surface area contributed by atoms with Crippen molar-refractivity contribution in [2.24, 2.45) is 5.92 Å². The average molecular weight is 338 g/mol. The molecule has 0 aliphatic rings. The Kier molecular flexibility index (Phi) is 6.21. The van der Waals surface area contributed by atoms with Crippen molar-refractivity contribution < 1.29 is 13.6 Å². The van der Waals surface area contributed by atoms with E-state index in [-0.39, 0.29) is 17.4 Å². The number of hydrogen-bond acceptors (Lipinski definition) is 3. The van der Waals surface area contributed by atoms with Crippen LogP contribution in [0.25, 0.3) is 11.3 Å². The van der Waals surface area contributed by atoms with Gasteiger partial charge >= 0.3 is 0 Å². The van der Waals surface area contributed by atoms with Gasteiger partial charge in [-0.3, -0.25) is 4.79 Å². The van der Waals surface area contributed by atoms with Gasteiger partial charge in [0, 0.05) is 22.9 Å². The highest BCUT2D eigenvalue weighted by molar-refractivity contribution is 7.14. The summed E-state index contributed by atoms with van der Waals surface area (Å²) < 4.78 is 26.7. The zero-order chi connectivity index (χ0) is 16.8. The minimum absolute atomic E-state index is 0.0372. The molecule has 1 N–H and O–H groups in total. The second-order valence-electron chi connectivity index (χ2n) is 5.40. The lowest BCUT2D eigenvalue weighted by atomic mass is 9.99. The van der Waals surface area contributed by atoms with Crippen LogP contribution in [0.3, 0.4) is 0 Å². The van der Waals surface area contributed by atoms with Crippen molar-refractivity contribution in [2.75, 3.05) is 5.32 Å². The highest BCUT2D eigenvalue weighted by atomic mass is 32.1. The number of nitrogens with zero attached hydrogens (tertiary/aromatic N) is 1. The van der Waals surface area contributed by atoms with Crippen LogP contribution >= 0.6 is 11.3 Å². The minimum atomic E-state index is -0.664. The normalized spacial score (nSPS) is 12.2. The Morgan fingerprint density at radius 3 is 2.78 bits per heavy atom. The number of hydrogen-bond donors (Lipinski definition) is 1. The summed E-state index contributed by atoms with van der Waals surface area (Å²) in [7, 11) is 0. The van der Waals surface area contributed by atoms with Crippen molar-refractivity contribution in [3.05, 3.63) is 35.2 Å². The Bertz CT molecular complexity index is 672. The fraction of sp³-hybridized carbons (Fsp3) is 0.412. The number of nitrogens with one attached hydrogen (secondary N) is 1. The van der Waals surface area contributed by atoms with Crippen LogP contribution in [0.2, 0.25) is 0 Å². The molecule has 1 aromatic carbocycles. The van der Waals surface area contributed by atoms with E-state index in [1.165, 1.54) is 23.5 Å². The Morgan fingerprint density at radius 1 is 1.35 bits per heavy atom. The van der Waals surface area contributed by atoms with Gasteiger partial charge in [-0.05, 0) is 25.0 Å². The van der Waals surface area contributed by atoms with Gasteiger partial charge in [-0.25, -0.2) is 13.8 Å². The third kappa shape index (κ3) is 4.58. The highest BCUT2D eigenvalue weighted by Gasteiger charge is 2.18. The summed E-state index contributed by atoms with van der Waals surface area (Å²) in [6.07, 6.45) is 3.69. The van der Waals surface area contributed by atoms with Gasteiger partial charge in [0.1, 0.15) is 11.6 Å². The molecule has 0 saturated carbocycles. The van der Waals surface area contributed by atoms with E-state index in [9.17, 15) is 13.6 Å². The van der Waals surface area contributed by atoms with Crippen molar-refractivity contribution in [2.45, 2.75) is 39.5 Å². The van der Waals surface area contributed by atoms with Crippen LogP contribution in [0.1, 0.15) is 39.5 Å². The van der Waals surface area contributed by atoms with Gasteiger partial charge < -0.3 is 5.32 Å². The van der Waals surface area contributed by atoms with E-state index in [4.69, 9.17) is 0 Å². The molecular formula is C17H20F2N2OS. The maximum Gasteiger partial charge on any atom is 0.229 e. The quantitative estimate of drug-likeness (QED) is 0.750. The molecule has 0 aliphatic carbocycles. The molecular weight excluding hydrogens is 318 g/mol. The molecule has 0 saturated heterocycles. The third-order valence-electron chi connectivity index (χ3n) is 3.71. The molecule has 1 aromatic heterocycles. The van der Waals surface area contributed by atoms with E-state index < -0.39 is 11.6 Å². The predicted molar refractivity (Wildman–Crippen MR) is 89.4 cm³/mol. The first-order chi connectivity index (χ1) is 11.0. The summed E-state index contributed by atoms with van der Waals surface area (Å²) >= 11 is 1.23. The fourth-order valence-corrected chi connectivity index (χ4v) is 3.04. The number of rotatable bonds is 7. The van der Waals surface area contributed by atoms with E-state index in [2.05, 4.69) is 17.2 Å². The zero-order valence-corrected chi connectivity index (χ0v) is 14.1. The van der Waals surface area contributed by atoms with Gasteiger partial charge in [-0.15, -0.1) is 11.3 Å². The number of amides is 1. The summed E-state index contributed by atoms with van der Waals surface area (Å²) in [6, 6.07) is 3.36. The second kappa shape index (κ2) is 8.15. The number of anilines is 1. The van der Waals surface area contributed by atoms with Gasteiger partial charge in [-0.2, -0.15) is 0 Å². The molecule has 0 bridgehead atoms. The van der Waals surface area contributed by atoms with E-state index in [1.807, 2.05) is 6.92 Å². The maximum absolute atomic E-state index is 13.8. The number of carbonyl (C=O) groups excluding carboxylic acids is 1. The van der Waals surface area contributed by atoms with Crippen molar-refractivity contribution in [1.82, 2.24) is 4.98 Å². The van der Waals surface area contributed by atoms with Crippen LogP contribution in [-0.4, -0.2) is 10.9 Å². The Hall–Kier alpha value is -1.82. The van der Waals surface area contributed by atoms with E-state index in [0.717, 1.165) is 31.7 Å². The van der Waals surface area contributed by atoms with Gasteiger partial charge in [0.2, 0.25) is 5.91 Å². The Morgan fingerprint density at radius 2 is 2.13 bits per heavy atom. The Labute approximate surface area is 138 Å². The first kappa shape index (κ1) is 17.5. The number of aromatic nitrogens is 1. The number of benzene rings is 1. The standard InChI is InChI=1S/C17H20F2N2OS/c1-3-5-6-11(4-2)16(22)21-17-20-15(10-23-17)13-8-7-12(18)9-14(13)19/h7-11H,3-6H2,1-2H3,(H,20,21,22). The number of carbonyl (C=O) groups is 1. The lowest BCUT2D eigenvalue weighted by molar-refractivity contribution is -0.120.